The summed E-state index contributed by atoms with van der Waals surface area (Å²) in [4.78, 5) is 36.8. The summed E-state index contributed by atoms with van der Waals surface area (Å²) in [7, 11) is 2.95. The molecule has 3 aromatic rings. The maximum atomic E-state index is 13.9. The molecule has 1 aliphatic rings. The third-order valence-electron chi connectivity index (χ3n) is 6.13. The molecule has 0 bridgehead atoms. The number of carbonyl (C=O) groups is 1. The number of halogens is 2. The van der Waals surface area contributed by atoms with Crippen LogP contribution in [0.1, 0.15) is 20.8 Å². The molecule has 3 heterocycles. The van der Waals surface area contributed by atoms with Crippen LogP contribution in [0.3, 0.4) is 0 Å². The first-order chi connectivity index (χ1) is 18.5. The third-order valence-corrected chi connectivity index (χ3v) is 7.44. The van der Waals surface area contributed by atoms with Crippen molar-refractivity contribution < 1.29 is 19.0 Å². The second kappa shape index (κ2) is 11.8. The Morgan fingerprint density at radius 1 is 1.15 bits per heavy atom. The molecule has 13 heteroatoms. The highest BCUT2D eigenvalue weighted by atomic mass is 35.5. The highest BCUT2D eigenvalue weighted by Crippen LogP contribution is 2.45. The lowest BCUT2D eigenvalue weighted by Gasteiger charge is -2.40. The second-order valence-electron chi connectivity index (χ2n) is 9.97. The number of rotatable bonds is 8. The van der Waals surface area contributed by atoms with Gasteiger partial charge in [0.2, 0.25) is 0 Å². The van der Waals surface area contributed by atoms with Crippen molar-refractivity contribution in [1.82, 2.24) is 24.8 Å². The average molecular weight is 597 g/mol. The number of pyridine rings is 1. The summed E-state index contributed by atoms with van der Waals surface area (Å²) >= 11 is 14.7. The number of nitrogens with zero attached hydrogens (tertiary/aromatic N) is 4. The van der Waals surface area contributed by atoms with E-state index in [1.807, 2.05) is 27.0 Å². The van der Waals surface area contributed by atoms with Crippen molar-refractivity contribution in [2.75, 3.05) is 40.1 Å². The molecule has 1 aliphatic heterocycles. The third kappa shape index (κ3) is 6.21. The molecule has 0 atom stereocenters. The summed E-state index contributed by atoms with van der Waals surface area (Å²) in [6.07, 6.45) is 3.21. The number of nitrogens with one attached hydrogen (secondary N) is 1. The summed E-state index contributed by atoms with van der Waals surface area (Å²) < 4.78 is 17.8. The molecule has 39 heavy (non-hydrogen) atoms. The lowest BCUT2D eigenvalue weighted by Crippen LogP contribution is -2.60. The van der Waals surface area contributed by atoms with Gasteiger partial charge in [0.05, 0.1) is 29.8 Å². The van der Waals surface area contributed by atoms with Gasteiger partial charge in [0, 0.05) is 55.4 Å². The monoisotopic (exact) mass is 595 g/mol. The van der Waals surface area contributed by atoms with Gasteiger partial charge in [-0.3, -0.25) is 9.36 Å². The van der Waals surface area contributed by atoms with Gasteiger partial charge < -0.3 is 24.4 Å². The Bertz CT molecular complexity index is 1430. The van der Waals surface area contributed by atoms with E-state index in [2.05, 4.69) is 15.3 Å². The summed E-state index contributed by atoms with van der Waals surface area (Å²) in [5.41, 5.74) is 0.215. The maximum absolute atomic E-state index is 13.9. The first-order valence-electron chi connectivity index (χ1n) is 12.2. The molecule has 0 aliphatic carbocycles. The fourth-order valence-electron chi connectivity index (χ4n) is 4.21. The Balaban J connectivity index is 1.65. The van der Waals surface area contributed by atoms with Crippen LogP contribution in [0.4, 0.5) is 4.79 Å². The van der Waals surface area contributed by atoms with Gasteiger partial charge in [-0.25, -0.2) is 14.8 Å². The summed E-state index contributed by atoms with van der Waals surface area (Å²) in [6, 6.07) is 3.35. The van der Waals surface area contributed by atoms with E-state index in [0.29, 0.717) is 59.4 Å². The highest BCUT2D eigenvalue weighted by molar-refractivity contribution is 7.98. The molecule has 1 aromatic carbocycles. The SMILES string of the molecule is COc1cc(OC)c(Cl)c(-c2cc3cnc(SC)nc3n(CCNC3CN(C(=O)OC(C)(C)C)C3)c2=O)c1Cl. The summed E-state index contributed by atoms with van der Waals surface area (Å²) in [6.45, 7) is 7.34. The van der Waals surface area contributed by atoms with E-state index in [1.54, 1.807) is 27.8 Å². The molecule has 4 rings (SSSR count). The standard InChI is InChI=1S/C26H31Cl2N5O5S/c1-26(2,3)38-25(35)32-12-15(13-32)29-7-8-33-22-14(11-30-24(31-22)39-6)9-16(23(33)34)19-20(27)17(36-4)10-18(37-5)21(19)28/h9-11,15,29H,7-8,12-13H2,1-6H3. The lowest BCUT2D eigenvalue weighted by atomic mass is 10.0. The number of likely N-dealkylation sites (tertiary alicyclic amines) is 1. The Labute approximate surface area is 240 Å². The maximum Gasteiger partial charge on any atom is 0.410 e. The molecule has 0 radical (unpaired) electrons. The molecule has 0 saturated carbocycles. The second-order valence-corrected chi connectivity index (χ2v) is 11.5. The Kier molecular flexibility index (Phi) is 8.85. The van der Waals surface area contributed by atoms with Crippen molar-refractivity contribution in [1.29, 1.82) is 0 Å². The number of fused-ring (bicyclic) bond motifs is 1. The molecule has 1 N–H and O–H groups in total. The van der Waals surface area contributed by atoms with Gasteiger partial charge in [-0.1, -0.05) is 35.0 Å². The number of carbonyl (C=O) groups excluding carboxylic acids is 1. The van der Waals surface area contributed by atoms with Gasteiger partial charge in [-0.15, -0.1) is 0 Å². The predicted octanol–water partition coefficient (Wildman–Crippen LogP) is 4.71. The highest BCUT2D eigenvalue weighted by Gasteiger charge is 2.33. The molecule has 1 amide bonds. The van der Waals surface area contributed by atoms with Gasteiger partial charge in [0.1, 0.15) is 22.7 Å². The zero-order chi connectivity index (χ0) is 28.5. The van der Waals surface area contributed by atoms with Gasteiger partial charge in [0.25, 0.3) is 5.56 Å². The van der Waals surface area contributed by atoms with Crippen LogP contribution >= 0.6 is 35.0 Å². The van der Waals surface area contributed by atoms with E-state index in [-0.39, 0.29) is 33.3 Å². The van der Waals surface area contributed by atoms with Crippen molar-refractivity contribution in [3.05, 3.63) is 38.7 Å². The van der Waals surface area contributed by atoms with Gasteiger partial charge in [-0.2, -0.15) is 0 Å². The molecule has 0 unspecified atom stereocenters. The van der Waals surface area contributed by atoms with Crippen molar-refractivity contribution in [3.8, 4) is 22.6 Å². The molecule has 0 spiro atoms. The molecule has 2 aromatic heterocycles. The van der Waals surface area contributed by atoms with Crippen molar-refractivity contribution in [3.63, 3.8) is 0 Å². The minimum absolute atomic E-state index is 0.0885. The predicted molar refractivity (Wildman–Crippen MR) is 154 cm³/mol. The zero-order valence-electron chi connectivity index (χ0n) is 22.6. The molecule has 210 valence electrons. The van der Waals surface area contributed by atoms with Gasteiger partial charge in [0.15, 0.2) is 5.16 Å². The molecular formula is C26H31Cl2N5O5S. The van der Waals surface area contributed by atoms with Crippen LogP contribution in [0.2, 0.25) is 10.0 Å². The fourth-order valence-corrected chi connectivity index (χ4v) is 5.25. The van der Waals surface area contributed by atoms with E-state index in [0.717, 1.165) is 0 Å². The van der Waals surface area contributed by atoms with Crippen molar-refractivity contribution in [2.45, 2.75) is 44.1 Å². The van der Waals surface area contributed by atoms with Crippen molar-refractivity contribution >= 4 is 52.1 Å². The summed E-state index contributed by atoms with van der Waals surface area (Å²) in [5, 5.41) is 4.99. The number of aromatic nitrogens is 3. The Morgan fingerprint density at radius 2 is 1.79 bits per heavy atom. The molecule has 1 fully saturated rings. The van der Waals surface area contributed by atoms with Crippen LogP contribution in [-0.4, -0.2) is 77.3 Å². The number of hydrogen-bond donors (Lipinski definition) is 1. The zero-order valence-corrected chi connectivity index (χ0v) is 25.0. The minimum Gasteiger partial charge on any atom is -0.495 e. The molecular weight excluding hydrogens is 565 g/mol. The average Bonchev–Trinajstić information content (AvgIpc) is 2.85. The number of amides is 1. The minimum atomic E-state index is -0.543. The van der Waals surface area contributed by atoms with E-state index in [9.17, 15) is 9.59 Å². The quantitative estimate of drug-likeness (QED) is 0.292. The molecule has 1 saturated heterocycles. The van der Waals surface area contributed by atoms with Gasteiger partial charge in [-0.05, 0) is 33.1 Å². The summed E-state index contributed by atoms with van der Waals surface area (Å²) in [5.74, 6) is 0.656. The first-order valence-corrected chi connectivity index (χ1v) is 14.2. The van der Waals surface area contributed by atoms with E-state index in [4.69, 9.17) is 37.4 Å². The van der Waals surface area contributed by atoms with Crippen LogP contribution < -0.4 is 20.3 Å². The number of ether oxygens (including phenoxy) is 3. The molecule has 10 nitrogen and oxygen atoms in total. The first kappa shape index (κ1) is 29.3. The topological polar surface area (TPSA) is 108 Å². The Morgan fingerprint density at radius 3 is 2.36 bits per heavy atom. The van der Waals surface area contributed by atoms with E-state index < -0.39 is 5.60 Å². The number of thioether (sulfide) groups is 1. The van der Waals surface area contributed by atoms with Crippen LogP contribution in [0, 0.1) is 0 Å². The van der Waals surface area contributed by atoms with Crippen molar-refractivity contribution in [2.24, 2.45) is 0 Å². The Hall–Kier alpha value is -2.73. The van der Waals surface area contributed by atoms with E-state index >= 15 is 0 Å². The number of benzene rings is 1. The number of hydrogen-bond acceptors (Lipinski definition) is 9. The van der Waals surface area contributed by atoms with E-state index in [1.165, 1.54) is 26.0 Å². The fraction of sp³-hybridized carbons (Fsp3) is 0.462. The lowest BCUT2D eigenvalue weighted by molar-refractivity contribution is 0.00531. The smallest absolute Gasteiger partial charge is 0.410 e. The van der Waals surface area contributed by atoms with Crippen LogP contribution in [0.15, 0.2) is 28.3 Å². The van der Waals surface area contributed by atoms with Gasteiger partial charge >= 0.3 is 6.09 Å². The largest absolute Gasteiger partial charge is 0.495 e. The van der Waals surface area contributed by atoms with Crippen LogP contribution in [0.25, 0.3) is 22.2 Å². The normalized spacial score (nSPS) is 13.9. The van der Waals surface area contributed by atoms with Crippen LogP contribution in [-0.2, 0) is 11.3 Å². The number of methoxy groups -OCH3 is 2. The van der Waals surface area contributed by atoms with Crippen LogP contribution in [0.5, 0.6) is 11.5 Å².